The third kappa shape index (κ3) is 3.04. The second kappa shape index (κ2) is 5.57. The molecule has 1 saturated heterocycles. The Hall–Kier alpha value is -1.61. The number of nitriles is 1. The summed E-state index contributed by atoms with van der Waals surface area (Å²) in [6.07, 6.45) is 0.978. The normalized spacial score (nSPS) is 17.5. The van der Waals surface area contributed by atoms with Crippen LogP contribution in [0.2, 0.25) is 5.02 Å². The number of benzene rings is 1. The Morgan fingerprint density at radius 2 is 2.16 bits per heavy atom. The lowest BCUT2D eigenvalue weighted by Crippen LogP contribution is -2.54. The summed E-state index contributed by atoms with van der Waals surface area (Å²) in [5, 5.41) is 11.8. The molecule has 0 aliphatic carbocycles. The number of carbonyl (C=O) groups is 1. The Morgan fingerprint density at radius 3 is 2.74 bits per heavy atom. The average Bonchev–Trinajstić information content (AvgIpc) is 2.40. The first-order valence-electron chi connectivity index (χ1n) is 5.93. The Morgan fingerprint density at radius 1 is 1.47 bits per heavy atom. The Kier molecular flexibility index (Phi) is 4.05. The van der Waals surface area contributed by atoms with Crippen molar-refractivity contribution in [3.05, 3.63) is 28.8 Å². The molecule has 100 valence electrons. The van der Waals surface area contributed by atoms with Gasteiger partial charge in [0.15, 0.2) is 0 Å². The number of ether oxygens (including phenoxy) is 1. The van der Waals surface area contributed by atoms with Crippen LogP contribution in [0.4, 0.5) is 5.69 Å². The number of anilines is 1. The molecule has 3 N–H and O–H groups in total. The summed E-state index contributed by atoms with van der Waals surface area (Å²) in [6, 6.07) is 6.69. The number of hydrogen-bond acceptors (Lipinski definition) is 4. The fourth-order valence-corrected chi connectivity index (χ4v) is 2.12. The van der Waals surface area contributed by atoms with E-state index in [0.29, 0.717) is 42.3 Å². The van der Waals surface area contributed by atoms with Gasteiger partial charge in [0.1, 0.15) is 11.6 Å². The van der Waals surface area contributed by atoms with Gasteiger partial charge in [0.25, 0.3) is 0 Å². The molecule has 1 aliphatic heterocycles. The average molecular weight is 280 g/mol. The van der Waals surface area contributed by atoms with E-state index in [0.717, 1.165) is 0 Å². The van der Waals surface area contributed by atoms with Gasteiger partial charge in [-0.15, -0.1) is 0 Å². The largest absolute Gasteiger partial charge is 0.381 e. The fourth-order valence-electron chi connectivity index (χ4n) is 1.90. The highest BCUT2D eigenvalue weighted by Crippen LogP contribution is 2.23. The monoisotopic (exact) mass is 279 g/mol. The zero-order chi connectivity index (χ0) is 13.9. The molecule has 19 heavy (non-hydrogen) atoms. The molecule has 1 aliphatic rings. The van der Waals surface area contributed by atoms with Crippen molar-refractivity contribution in [3.63, 3.8) is 0 Å². The Balaban J connectivity index is 2.10. The second-order valence-electron chi connectivity index (χ2n) is 4.53. The molecule has 1 heterocycles. The van der Waals surface area contributed by atoms with E-state index in [2.05, 4.69) is 5.32 Å². The zero-order valence-corrected chi connectivity index (χ0v) is 11.0. The van der Waals surface area contributed by atoms with Crippen LogP contribution in [0.3, 0.4) is 0 Å². The van der Waals surface area contributed by atoms with Gasteiger partial charge in [0.05, 0.1) is 10.6 Å². The van der Waals surface area contributed by atoms with Crippen molar-refractivity contribution >= 4 is 23.2 Å². The van der Waals surface area contributed by atoms with Crippen LogP contribution in [0.15, 0.2) is 18.2 Å². The number of amides is 1. The van der Waals surface area contributed by atoms with Crippen LogP contribution in [0.25, 0.3) is 0 Å². The molecule has 0 aromatic heterocycles. The summed E-state index contributed by atoms with van der Waals surface area (Å²) in [5.41, 5.74) is 6.06. The number of carbonyl (C=O) groups excluding carboxylic acids is 1. The SMILES string of the molecule is N#Cc1ccc(NC(=O)C2(N)CCOCC2)cc1Cl. The second-order valence-corrected chi connectivity index (χ2v) is 4.94. The van der Waals surface area contributed by atoms with E-state index in [9.17, 15) is 4.79 Å². The molecular weight excluding hydrogens is 266 g/mol. The van der Waals surface area contributed by atoms with Gasteiger partial charge < -0.3 is 15.8 Å². The molecule has 2 rings (SSSR count). The Bertz CT molecular complexity index is 533. The van der Waals surface area contributed by atoms with Crippen molar-refractivity contribution in [3.8, 4) is 6.07 Å². The van der Waals surface area contributed by atoms with E-state index < -0.39 is 5.54 Å². The summed E-state index contributed by atoms with van der Waals surface area (Å²) >= 11 is 5.91. The smallest absolute Gasteiger partial charge is 0.244 e. The van der Waals surface area contributed by atoms with Gasteiger partial charge in [-0.05, 0) is 31.0 Å². The van der Waals surface area contributed by atoms with E-state index in [1.54, 1.807) is 18.2 Å². The molecule has 0 bridgehead atoms. The number of rotatable bonds is 2. The van der Waals surface area contributed by atoms with E-state index in [-0.39, 0.29) is 5.91 Å². The summed E-state index contributed by atoms with van der Waals surface area (Å²) in [4.78, 5) is 12.2. The maximum Gasteiger partial charge on any atom is 0.244 e. The van der Waals surface area contributed by atoms with E-state index in [1.807, 2.05) is 6.07 Å². The maximum atomic E-state index is 12.2. The number of halogens is 1. The lowest BCUT2D eigenvalue weighted by molar-refractivity contribution is -0.124. The summed E-state index contributed by atoms with van der Waals surface area (Å²) in [5.74, 6) is -0.253. The molecule has 1 aromatic carbocycles. The molecule has 0 saturated carbocycles. The predicted molar refractivity (Wildman–Crippen MR) is 71.8 cm³/mol. The predicted octanol–water partition coefficient (Wildman–Crippen LogP) is 1.66. The third-order valence-electron chi connectivity index (χ3n) is 3.18. The van der Waals surface area contributed by atoms with Crippen LogP contribution in [0, 0.1) is 11.3 Å². The van der Waals surface area contributed by atoms with Gasteiger partial charge in [-0.3, -0.25) is 4.79 Å². The number of nitrogens with zero attached hydrogens (tertiary/aromatic N) is 1. The van der Waals surface area contributed by atoms with Crippen molar-refractivity contribution in [1.29, 1.82) is 5.26 Å². The van der Waals surface area contributed by atoms with Crippen LogP contribution in [-0.4, -0.2) is 24.7 Å². The highest BCUT2D eigenvalue weighted by atomic mass is 35.5. The van der Waals surface area contributed by atoms with Gasteiger partial charge in [0, 0.05) is 18.9 Å². The highest BCUT2D eigenvalue weighted by Gasteiger charge is 2.35. The third-order valence-corrected chi connectivity index (χ3v) is 3.50. The van der Waals surface area contributed by atoms with Gasteiger partial charge in [-0.2, -0.15) is 5.26 Å². The first-order chi connectivity index (χ1) is 9.05. The first kappa shape index (κ1) is 13.8. The van der Waals surface area contributed by atoms with Crippen LogP contribution >= 0.6 is 11.6 Å². The molecule has 0 radical (unpaired) electrons. The van der Waals surface area contributed by atoms with Crippen LogP contribution < -0.4 is 11.1 Å². The lowest BCUT2D eigenvalue weighted by Gasteiger charge is -2.31. The van der Waals surface area contributed by atoms with Crippen LogP contribution in [0.1, 0.15) is 18.4 Å². The number of nitrogens with one attached hydrogen (secondary N) is 1. The molecule has 0 unspecified atom stereocenters. The van der Waals surface area contributed by atoms with E-state index in [4.69, 9.17) is 27.3 Å². The minimum Gasteiger partial charge on any atom is -0.381 e. The van der Waals surface area contributed by atoms with Gasteiger partial charge in [-0.1, -0.05) is 11.6 Å². The topological polar surface area (TPSA) is 88.1 Å². The molecule has 0 spiro atoms. The van der Waals surface area contributed by atoms with Crippen molar-refractivity contribution < 1.29 is 9.53 Å². The standard InChI is InChI=1S/C13H14ClN3O2/c14-11-7-10(2-1-9(11)8-15)17-12(18)13(16)3-5-19-6-4-13/h1-2,7H,3-6,16H2,(H,17,18). The molecule has 6 heteroatoms. The van der Waals surface area contributed by atoms with Crippen LogP contribution in [0.5, 0.6) is 0 Å². The maximum absolute atomic E-state index is 12.2. The van der Waals surface area contributed by atoms with Crippen molar-refractivity contribution in [2.45, 2.75) is 18.4 Å². The Labute approximate surface area is 116 Å². The summed E-state index contributed by atoms with van der Waals surface area (Å²) in [6.45, 7) is 0.968. The molecular formula is C13H14ClN3O2. The molecule has 1 amide bonds. The molecule has 1 aromatic rings. The first-order valence-corrected chi connectivity index (χ1v) is 6.31. The van der Waals surface area contributed by atoms with E-state index in [1.165, 1.54) is 0 Å². The van der Waals surface area contributed by atoms with Crippen molar-refractivity contribution in [2.24, 2.45) is 5.73 Å². The number of nitrogens with two attached hydrogens (primary N) is 1. The molecule has 0 atom stereocenters. The highest BCUT2D eigenvalue weighted by molar-refractivity contribution is 6.32. The molecule has 5 nitrogen and oxygen atoms in total. The fraction of sp³-hybridized carbons (Fsp3) is 0.385. The number of hydrogen-bond donors (Lipinski definition) is 2. The van der Waals surface area contributed by atoms with Crippen molar-refractivity contribution in [1.82, 2.24) is 0 Å². The summed E-state index contributed by atoms with van der Waals surface area (Å²) in [7, 11) is 0. The quantitative estimate of drug-likeness (QED) is 0.862. The lowest BCUT2D eigenvalue weighted by atomic mass is 9.90. The van der Waals surface area contributed by atoms with E-state index >= 15 is 0 Å². The van der Waals surface area contributed by atoms with Gasteiger partial charge in [-0.25, -0.2) is 0 Å². The summed E-state index contributed by atoms with van der Waals surface area (Å²) < 4.78 is 5.20. The van der Waals surface area contributed by atoms with Gasteiger partial charge >= 0.3 is 0 Å². The minimum absolute atomic E-state index is 0.253. The molecule has 1 fully saturated rings. The van der Waals surface area contributed by atoms with Crippen LogP contribution in [-0.2, 0) is 9.53 Å². The van der Waals surface area contributed by atoms with Crippen molar-refractivity contribution in [2.75, 3.05) is 18.5 Å². The minimum atomic E-state index is -0.904. The van der Waals surface area contributed by atoms with Gasteiger partial charge in [0.2, 0.25) is 5.91 Å². The zero-order valence-electron chi connectivity index (χ0n) is 10.3.